The minimum atomic E-state index is 0.996. The molecular formula is C52H35N3. The van der Waals surface area contributed by atoms with Crippen LogP contribution in [0, 0.1) is 6.92 Å². The van der Waals surface area contributed by atoms with E-state index in [1.54, 1.807) is 6.20 Å². The van der Waals surface area contributed by atoms with Crippen LogP contribution in [0.1, 0.15) is 16.7 Å². The number of nitrogens with zero attached hydrogens (tertiary/aromatic N) is 3. The van der Waals surface area contributed by atoms with E-state index in [0.717, 1.165) is 17.0 Å². The molecule has 0 aliphatic heterocycles. The summed E-state index contributed by atoms with van der Waals surface area (Å²) in [4.78, 5) is 4.80. The molecule has 258 valence electrons. The van der Waals surface area contributed by atoms with Crippen LogP contribution in [0.4, 0.5) is 0 Å². The molecule has 0 N–H and O–H groups in total. The number of hydrogen-bond acceptors (Lipinski definition) is 1. The average Bonchev–Trinajstić information content (AvgIpc) is 3.86. The van der Waals surface area contributed by atoms with Gasteiger partial charge in [0.05, 0.1) is 27.8 Å². The predicted octanol–water partition coefficient (Wildman–Crippen LogP) is 13.5. The van der Waals surface area contributed by atoms with Crippen molar-refractivity contribution in [2.24, 2.45) is 4.99 Å². The van der Waals surface area contributed by atoms with Crippen molar-refractivity contribution in [3.63, 3.8) is 0 Å². The summed E-state index contributed by atoms with van der Waals surface area (Å²) in [6.45, 7) is 6.11. The first-order valence-corrected chi connectivity index (χ1v) is 18.8. The van der Waals surface area contributed by atoms with Crippen molar-refractivity contribution >= 4 is 49.3 Å². The van der Waals surface area contributed by atoms with Gasteiger partial charge < -0.3 is 9.13 Å². The van der Waals surface area contributed by atoms with E-state index >= 15 is 0 Å². The predicted molar refractivity (Wildman–Crippen MR) is 232 cm³/mol. The fraction of sp³-hybridized carbons (Fsp3) is 0.0192. The third-order valence-corrected chi connectivity index (χ3v) is 11.4. The Morgan fingerprint density at radius 1 is 0.418 bits per heavy atom. The molecule has 0 fully saturated rings. The SMILES string of the molecule is C=C/N=C1/c2cc(-c3ccc4c(c3)c3cc(-c5ccc6c(c5)c5ccccc5n6-c5ccccc5)ccc3n4-c3ccccc3)ccc2-c2cccc(C)c21. The van der Waals surface area contributed by atoms with Crippen LogP contribution >= 0.6 is 0 Å². The van der Waals surface area contributed by atoms with Gasteiger partial charge in [0.25, 0.3) is 0 Å². The van der Waals surface area contributed by atoms with E-state index in [0.29, 0.717) is 0 Å². The molecule has 1 aliphatic carbocycles. The lowest BCUT2D eigenvalue weighted by Crippen LogP contribution is -2.00. The van der Waals surface area contributed by atoms with Gasteiger partial charge in [-0.3, -0.25) is 4.99 Å². The fourth-order valence-electron chi connectivity index (χ4n) is 8.97. The van der Waals surface area contributed by atoms with Gasteiger partial charge >= 0.3 is 0 Å². The number of para-hydroxylation sites is 3. The standard InChI is InChI=1S/C52H35N3/c1-3-53-52-46-32-34(21-25-40(46)42-19-12-13-33(2)51(42)52)36-23-27-49-44(30-36)45-31-37(24-28-50(45)55(49)39-16-8-5-9-17-39)35-22-26-48-43(29-35)41-18-10-11-20-47(41)54(48)38-14-6-4-7-15-38/h3-32H,1H2,2H3/b53-52-. The lowest BCUT2D eigenvalue weighted by molar-refractivity contribution is 1.18. The second kappa shape index (κ2) is 12.2. The molecule has 1 aliphatic rings. The Morgan fingerprint density at radius 3 is 1.49 bits per heavy atom. The van der Waals surface area contributed by atoms with Gasteiger partial charge in [0.15, 0.2) is 0 Å². The monoisotopic (exact) mass is 701 g/mol. The largest absolute Gasteiger partial charge is 0.309 e. The van der Waals surface area contributed by atoms with E-state index in [4.69, 9.17) is 4.99 Å². The van der Waals surface area contributed by atoms with Crippen LogP contribution < -0.4 is 0 Å². The van der Waals surface area contributed by atoms with E-state index in [2.05, 4.69) is 199 Å². The maximum Gasteiger partial charge on any atom is 0.0789 e. The maximum absolute atomic E-state index is 4.80. The van der Waals surface area contributed by atoms with Crippen molar-refractivity contribution in [3.8, 4) is 44.8 Å². The van der Waals surface area contributed by atoms with Crippen molar-refractivity contribution in [2.75, 3.05) is 0 Å². The molecule has 0 saturated carbocycles. The Balaban J connectivity index is 1.10. The molecule has 0 unspecified atom stereocenters. The lowest BCUT2D eigenvalue weighted by atomic mass is 9.97. The molecule has 0 atom stereocenters. The van der Waals surface area contributed by atoms with Crippen molar-refractivity contribution < 1.29 is 0 Å². The molecule has 3 heteroatoms. The van der Waals surface area contributed by atoms with Gasteiger partial charge in [-0.25, -0.2) is 0 Å². The highest BCUT2D eigenvalue weighted by Crippen LogP contribution is 2.43. The van der Waals surface area contributed by atoms with E-state index in [1.807, 2.05) is 0 Å². The molecule has 0 spiro atoms. The fourth-order valence-corrected chi connectivity index (χ4v) is 8.97. The topological polar surface area (TPSA) is 22.2 Å². The number of benzene rings is 8. The zero-order valence-corrected chi connectivity index (χ0v) is 30.4. The highest BCUT2D eigenvalue weighted by atomic mass is 15.0. The van der Waals surface area contributed by atoms with Gasteiger partial charge in [0.2, 0.25) is 0 Å². The smallest absolute Gasteiger partial charge is 0.0789 e. The first-order valence-electron chi connectivity index (χ1n) is 18.8. The molecule has 0 amide bonds. The molecule has 8 aromatic carbocycles. The summed E-state index contributed by atoms with van der Waals surface area (Å²) in [5.74, 6) is 0. The van der Waals surface area contributed by atoms with Crippen molar-refractivity contribution in [3.05, 3.63) is 205 Å². The molecule has 11 rings (SSSR count). The highest BCUT2D eigenvalue weighted by molar-refractivity contribution is 6.26. The number of aromatic nitrogens is 2. The Morgan fingerprint density at radius 2 is 0.909 bits per heavy atom. The minimum absolute atomic E-state index is 0.996. The quantitative estimate of drug-likeness (QED) is 0.170. The van der Waals surface area contributed by atoms with Gasteiger partial charge in [0.1, 0.15) is 0 Å². The van der Waals surface area contributed by atoms with E-state index < -0.39 is 0 Å². The first-order chi connectivity index (χ1) is 27.2. The summed E-state index contributed by atoms with van der Waals surface area (Å²) in [6, 6.07) is 64.2. The lowest BCUT2D eigenvalue weighted by Gasteiger charge is -2.09. The van der Waals surface area contributed by atoms with Gasteiger partial charge in [-0.2, -0.15) is 0 Å². The van der Waals surface area contributed by atoms with Crippen molar-refractivity contribution in [1.29, 1.82) is 0 Å². The minimum Gasteiger partial charge on any atom is -0.309 e. The van der Waals surface area contributed by atoms with Crippen LogP contribution in [0.25, 0.3) is 88.4 Å². The summed E-state index contributed by atoms with van der Waals surface area (Å²) in [5.41, 5.74) is 18.9. The average molecular weight is 702 g/mol. The molecule has 55 heavy (non-hydrogen) atoms. The third kappa shape index (κ3) is 4.73. The molecule has 0 saturated heterocycles. The second-order valence-electron chi connectivity index (χ2n) is 14.5. The first kappa shape index (κ1) is 31.3. The Bertz CT molecular complexity index is 3210. The number of aryl methyl sites for hydroxylation is 1. The van der Waals surface area contributed by atoms with Crippen molar-refractivity contribution in [2.45, 2.75) is 6.92 Å². The Labute approximate surface area is 319 Å². The number of hydrogen-bond donors (Lipinski definition) is 0. The molecule has 0 bridgehead atoms. The third-order valence-electron chi connectivity index (χ3n) is 11.4. The second-order valence-corrected chi connectivity index (χ2v) is 14.5. The van der Waals surface area contributed by atoms with Crippen LogP contribution in [0.2, 0.25) is 0 Å². The zero-order valence-electron chi connectivity index (χ0n) is 30.4. The molecule has 0 radical (unpaired) electrons. The zero-order chi connectivity index (χ0) is 36.6. The molecule has 10 aromatic rings. The molecular weight excluding hydrogens is 667 g/mol. The Hall–Kier alpha value is -7.23. The normalized spacial score (nSPS) is 12.9. The summed E-state index contributed by atoms with van der Waals surface area (Å²) < 4.78 is 4.77. The van der Waals surface area contributed by atoms with Gasteiger partial charge in [-0.1, -0.05) is 110 Å². The van der Waals surface area contributed by atoms with Crippen molar-refractivity contribution in [1.82, 2.24) is 9.13 Å². The van der Waals surface area contributed by atoms with Gasteiger partial charge in [-0.05, 0) is 119 Å². The highest BCUT2D eigenvalue weighted by Gasteiger charge is 2.27. The Kier molecular flexibility index (Phi) is 6.92. The summed E-state index contributed by atoms with van der Waals surface area (Å²) in [5, 5.41) is 4.95. The van der Waals surface area contributed by atoms with Gasteiger partial charge in [-0.15, -0.1) is 0 Å². The van der Waals surface area contributed by atoms with Gasteiger partial charge in [0, 0.05) is 50.2 Å². The molecule has 3 nitrogen and oxygen atoms in total. The van der Waals surface area contributed by atoms with E-state index in [1.165, 1.54) is 93.8 Å². The van der Waals surface area contributed by atoms with E-state index in [-0.39, 0.29) is 0 Å². The van der Waals surface area contributed by atoms with E-state index in [9.17, 15) is 0 Å². The summed E-state index contributed by atoms with van der Waals surface area (Å²) in [6.07, 6.45) is 1.66. The van der Waals surface area contributed by atoms with Crippen LogP contribution in [-0.4, -0.2) is 14.8 Å². The molecule has 2 aromatic heterocycles. The maximum atomic E-state index is 4.80. The van der Waals surface area contributed by atoms with Crippen LogP contribution in [0.5, 0.6) is 0 Å². The number of rotatable bonds is 5. The van der Waals surface area contributed by atoms with Crippen LogP contribution in [-0.2, 0) is 0 Å². The number of fused-ring (bicyclic) bond motifs is 9. The van der Waals surface area contributed by atoms with Crippen LogP contribution in [0.3, 0.4) is 0 Å². The molecule has 2 heterocycles. The number of aliphatic imine (C=N–C) groups is 1. The van der Waals surface area contributed by atoms with Crippen LogP contribution in [0.15, 0.2) is 194 Å². The summed E-state index contributed by atoms with van der Waals surface area (Å²) in [7, 11) is 0. The summed E-state index contributed by atoms with van der Waals surface area (Å²) >= 11 is 0.